The van der Waals surface area contributed by atoms with Crippen LogP contribution in [0.2, 0.25) is 5.28 Å². The molecule has 0 spiro atoms. The molecule has 3 aromatic rings. The highest BCUT2D eigenvalue weighted by atomic mass is 35.5. The molecule has 0 aliphatic carbocycles. The fourth-order valence-electron chi connectivity index (χ4n) is 2.00. The van der Waals surface area contributed by atoms with Crippen molar-refractivity contribution in [3.8, 4) is 11.3 Å². The van der Waals surface area contributed by atoms with Crippen molar-refractivity contribution in [3.05, 3.63) is 41.6 Å². The lowest BCUT2D eigenvalue weighted by Gasteiger charge is -2.05. The fraction of sp³-hybridized carbons (Fsp3) is 0.154. The summed E-state index contributed by atoms with van der Waals surface area (Å²) in [5.41, 5.74) is 3.72. The predicted molar refractivity (Wildman–Crippen MR) is 71.5 cm³/mol. The lowest BCUT2D eigenvalue weighted by molar-refractivity contribution is 0.948. The van der Waals surface area contributed by atoms with Gasteiger partial charge in [0.05, 0.1) is 5.69 Å². The average molecular weight is 259 g/mol. The number of aromatic nitrogens is 4. The number of aryl methyl sites for hydroxylation is 2. The van der Waals surface area contributed by atoms with E-state index in [4.69, 9.17) is 11.6 Å². The highest BCUT2D eigenvalue weighted by Crippen LogP contribution is 2.24. The van der Waals surface area contributed by atoms with Gasteiger partial charge in [-0.3, -0.25) is 0 Å². The SMILES string of the molecule is Cc1cnc(Cl)nc1-c1cnc2c(ccn2C)c1. The Kier molecular flexibility index (Phi) is 2.52. The van der Waals surface area contributed by atoms with Gasteiger partial charge in [-0.15, -0.1) is 0 Å². The molecule has 0 aromatic carbocycles. The Morgan fingerprint density at radius 3 is 2.89 bits per heavy atom. The number of rotatable bonds is 1. The maximum absolute atomic E-state index is 5.84. The van der Waals surface area contributed by atoms with Crippen molar-refractivity contribution >= 4 is 22.6 Å². The zero-order valence-electron chi connectivity index (χ0n) is 10.1. The zero-order valence-corrected chi connectivity index (χ0v) is 10.8. The molecule has 5 heteroatoms. The van der Waals surface area contributed by atoms with Gasteiger partial charge in [0.25, 0.3) is 0 Å². The standard InChI is InChI=1S/C13H11ClN4/c1-8-6-16-13(14)17-11(8)10-5-9-3-4-18(2)12(9)15-7-10/h3-7H,1-2H3. The number of halogens is 1. The summed E-state index contributed by atoms with van der Waals surface area (Å²) in [4.78, 5) is 12.7. The van der Waals surface area contributed by atoms with Gasteiger partial charge < -0.3 is 4.57 Å². The van der Waals surface area contributed by atoms with Gasteiger partial charge in [-0.2, -0.15) is 0 Å². The summed E-state index contributed by atoms with van der Waals surface area (Å²) in [7, 11) is 1.97. The third-order valence-electron chi connectivity index (χ3n) is 2.92. The molecule has 18 heavy (non-hydrogen) atoms. The second-order valence-corrected chi connectivity index (χ2v) is 4.57. The molecule has 0 atom stereocenters. The van der Waals surface area contributed by atoms with Crippen LogP contribution < -0.4 is 0 Å². The van der Waals surface area contributed by atoms with E-state index >= 15 is 0 Å². The topological polar surface area (TPSA) is 43.6 Å². The first-order chi connectivity index (χ1) is 8.65. The van der Waals surface area contributed by atoms with Gasteiger partial charge >= 0.3 is 0 Å². The van der Waals surface area contributed by atoms with E-state index in [2.05, 4.69) is 21.0 Å². The highest BCUT2D eigenvalue weighted by molar-refractivity contribution is 6.28. The van der Waals surface area contributed by atoms with Gasteiger partial charge in [0.1, 0.15) is 5.65 Å². The molecule has 3 aromatic heterocycles. The van der Waals surface area contributed by atoms with Crippen molar-refractivity contribution in [1.29, 1.82) is 0 Å². The van der Waals surface area contributed by atoms with Crippen molar-refractivity contribution < 1.29 is 0 Å². The first-order valence-corrected chi connectivity index (χ1v) is 5.93. The minimum absolute atomic E-state index is 0.253. The largest absolute Gasteiger partial charge is 0.336 e. The van der Waals surface area contributed by atoms with Crippen molar-refractivity contribution in [2.45, 2.75) is 6.92 Å². The Morgan fingerprint density at radius 2 is 2.06 bits per heavy atom. The third kappa shape index (κ3) is 1.75. The minimum Gasteiger partial charge on any atom is -0.336 e. The van der Waals surface area contributed by atoms with E-state index in [1.54, 1.807) is 6.20 Å². The molecule has 0 radical (unpaired) electrons. The second kappa shape index (κ2) is 4.07. The van der Waals surface area contributed by atoms with Crippen LogP contribution in [0.3, 0.4) is 0 Å². The normalized spacial score (nSPS) is 11.1. The molecule has 90 valence electrons. The van der Waals surface area contributed by atoms with Crippen LogP contribution in [0.1, 0.15) is 5.56 Å². The van der Waals surface area contributed by atoms with E-state index < -0.39 is 0 Å². The van der Waals surface area contributed by atoms with Crippen LogP contribution in [-0.2, 0) is 7.05 Å². The maximum atomic E-state index is 5.84. The molecular formula is C13H11ClN4. The number of fused-ring (bicyclic) bond motifs is 1. The van der Waals surface area contributed by atoms with Gasteiger partial charge in [-0.1, -0.05) is 0 Å². The van der Waals surface area contributed by atoms with E-state index in [0.29, 0.717) is 0 Å². The second-order valence-electron chi connectivity index (χ2n) is 4.23. The quantitative estimate of drug-likeness (QED) is 0.630. The summed E-state index contributed by atoms with van der Waals surface area (Å²) < 4.78 is 1.99. The van der Waals surface area contributed by atoms with Gasteiger partial charge in [-0.25, -0.2) is 15.0 Å². The Bertz CT molecular complexity index is 733. The Labute approximate surface area is 109 Å². The van der Waals surface area contributed by atoms with Gasteiger partial charge in [0.2, 0.25) is 5.28 Å². The molecule has 3 rings (SSSR count). The van der Waals surface area contributed by atoms with E-state index in [-0.39, 0.29) is 5.28 Å². The van der Waals surface area contributed by atoms with Crippen LogP contribution in [0.25, 0.3) is 22.3 Å². The van der Waals surface area contributed by atoms with Crippen molar-refractivity contribution in [2.75, 3.05) is 0 Å². The third-order valence-corrected chi connectivity index (χ3v) is 3.10. The van der Waals surface area contributed by atoms with Gasteiger partial charge in [0.15, 0.2) is 0 Å². The van der Waals surface area contributed by atoms with Gasteiger partial charge in [-0.05, 0) is 36.2 Å². The maximum Gasteiger partial charge on any atom is 0.222 e. The molecule has 0 fully saturated rings. The molecular weight excluding hydrogens is 248 g/mol. The average Bonchev–Trinajstić information content (AvgIpc) is 2.74. The summed E-state index contributed by atoms with van der Waals surface area (Å²) in [6, 6.07) is 4.10. The number of hydrogen-bond donors (Lipinski definition) is 0. The number of hydrogen-bond acceptors (Lipinski definition) is 3. The molecule has 0 saturated carbocycles. The molecule has 0 amide bonds. The van der Waals surface area contributed by atoms with Crippen molar-refractivity contribution in [3.63, 3.8) is 0 Å². The Hall–Kier alpha value is -1.94. The van der Waals surface area contributed by atoms with Crippen LogP contribution in [0, 0.1) is 6.92 Å². The van der Waals surface area contributed by atoms with Crippen LogP contribution in [0.4, 0.5) is 0 Å². The fourth-order valence-corrected chi connectivity index (χ4v) is 2.13. The summed E-state index contributed by atoms with van der Waals surface area (Å²) in [6.45, 7) is 1.96. The molecule has 0 N–H and O–H groups in total. The Morgan fingerprint density at radius 1 is 1.22 bits per heavy atom. The lowest BCUT2D eigenvalue weighted by atomic mass is 10.1. The summed E-state index contributed by atoms with van der Waals surface area (Å²) in [5.74, 6) is 0. The smallest absolute Gasteiger partial charge is 0.222 e. The first-order valence-electron chi connectivity index (χ1n) is 5.56. The highest BCUT2D eigenvalue weighted by Gasteiger charge is 2.08. The molecule has 3 heterocycles. The van der Waals surface area contributed by atoms with E-state index in [9.17, 15) is 0 Å². The molecule has 4 nitrogen and oxygen atoms in total. The van der Waals surface area contributed by atoms with Crippen LogP contribution >= 0.6 is 11.6 Å². The lowest BCUT2D eigenvalue weighted by Crippen LogP contribution is -1.93. The van der Waals surface area contributed by atoms with Crippen molar-refractivity contribution in [2.24, 2.45) is 7.05 Å². The summed E-state index contributed by atoms with van der Waals surface area (Å²) in [6.07, 6.45) is 5.52. The first kappa shape index (κ1) is 11.2. The van der Waals surface area contributed by atoms with Crippen LogP contribution in [-0.4, -0.2) is 19.5 Å². The predicted octanol–water partition coefficient (Wildman–Crippen LogP) is 2.99. The summed E-state index contributed by atoms with van der Waals surface area (Å²) >= 11 is 5.84. The zero-order chi connectivity index (χ0) is 12.7. The van der Waals surface area contributed by atoms with E-state index in [1.807, 2.05) is 37.0 Å². The van der Waals surface area contributed by atoms with E-state index in [1.165, 1.54) is 0 Å². The van der Waals surface area contributed by atoms with Crippen molar-refractivity contribution in [1.82, 2.24) is 19.5 Å². The number of pyridine rings is 1. The number of nitrogens with zero attached hydrogens (tertiary/aromatic N) is 4. The molecule has 0 aliphatic heterocycles. The summed E-state index contributed by atoms with van der Waals surface area (Å²) in [5, 5.41) is 1.34. The minimum atomic E-state index is 0.253. The Balaban J connectivity index is 2.22. The van der Waals surface area contributed by atoms with Crippen LogP contribution in [0.15, 0.2) is 30.7 Å². The van der Waals surface area contributed by atoms with Gasteiger partial charge in [0, 0.05) is 36.6 Å². The van der Waals surface area contributed by atoms with E-state index in [0.717, 1.165) is 27.9 Å². The van der Waals surface area contributed by atoms with Crippen LogP contribution in [0.5, 0.6) is 0 Å². The molecule has 0 unspecified atom stereocenters. The molecule has 0 saturated heterocycles. The monoisotopic (exact) mass is 258 g/mol. The molecule has 0 bridgehead atoms. The molecule has 0 aliphatic rings.